The zero-order valence-corrected chi connectivity index (χ0v) is 15.5. The van der Waals surface area contributed by atoms with E-state index in [0.29, 0.717) is 18.7 Å². The van der Waals surface area contributed by atoms with Crippen molar-refractivity contribution in [2.45, 2.75) is 70.1 Å². The highest BCUT2D eigenvalue weighted by Crippen LogP contribution is 2.32. The summed E-state index contributed by atoms with van der Waals surface area (Å²) in [5.41, 5.74) is 1.16. The summed E-state index contributed by atoms with van der Waals surface area (Å²) in [7, 11) is 3.53. The molecule has 0 atom stereocenters. The number of ether oxygens (including phenoxy) is 2. The van der Waals surface area contributed by atoms with E-state index >= 15 is 0 Å². The van der Waals surface area contributed by atoms with Crippen LogP contribution in [0.15, 0.2) is 23.2 Å². The summed E-state index contributed by atoms with van der Waals surface area (Å²) in [4.78, 5) is 4.33. The van der Waals surface area contributed by atoms with Gasteiger partial charge in [-0.25, -0.2) is 0 Å². The molecule has 0 amide bonds. The number of hydrogen-bond acceptors (Lipinski definition) is 3. The van der Waals surface area contributed by atoms with E-state index in [9.17, 15) is 0 Å². The van der Waals surface area contributed by atoms with Crippen LogP contribution in [0.25, 0.3) is 0 Å². The van der Waals surface area contributed by atoms with Crippen molar-refractivity contribution < 1.29 is 9.47 Å². The molecule has 1 aromatic carbocycles. The van der Waals surface area contributed by atoms with E-state index in [2.05, 4.69) is 27.8 Å². The van der Waals surface area contributed by atoms with Crippen LogP contribution in [0.4, 0.5) is 0 Å². The fraction of sp³-hybridized carbons (Fsp3) is 0.650. The van der Waals surface area contributed by atoms with E-state index in [4.69, 9.17) is 9.47 Å². The first-order chi connectivity index (χ1) is 12.3. The Balaban J connectivity index is 1.56. The minimum Gasteiger partial charge on any atom is -0.493 e. The molecule has 0 bridgehead atoms. The van der Waals surface area contributed by atoms with Gasteiger partial charge in [0.25, 0.3) is 0 Å². The molecule has 0 aliphatic heterocycles. The Kier molecular flexibility index (Phi) is 6.42. The van der Waals surface area contributed by atoms with E-state index in [1.807, 2.05) is 13.1 Å². The van der Waals surface area contributed by atoms with Gasteiger partial charge in [-0.1, -0.05) is 18.9 Å². The quantitative estimate of drug-likeness (QED) is 0.611. The summed E-state index contributed by atoms with van der Waals surface area (Å²) in [6, 6.07) is 6.74. The van der Waals surface area contributed by atoms with Crippen molar-refractivity contribution >= 4 is 5.96 Å². The number of nitrogens with zero attached hydrogens (tertiary/aromatic N) is 1. The van der Waals surface area contributed by atoms with Gasteiger partial charge in [0.05, 0.1) is 13.2 Å². The summed E-state index contributed by atoms with van der Waals surface area (Å²) in [6.45, 7) is 0.715. The molecule has 5 nitrogen and oxygen atoms in total. The van der Waals surface area contributed by atoms with Crippen LogP contribution in [0.2, 0.25) is 0 Å². The number of benzene rings is 1. The van der Waals surface area contributed by atoms with Crippen LogP contribution in [-0.4, -0.2) is 32.3 Å². The minimum absolute atomic E-state index is 0.340. The van der Waals surface area contributed by atoms with Gasteiger partial charge in [0.15, 0.2) is 17.5 Å². The van der Waals surface area contributed by atoms with Crippen molar-refractivity contribution in [3.8, 4) is 11.5 Å². The molecule has 3 rings (SSSR count). The van der Waals surface area contributed by atoms with Gasteiger partial charge in [0.1, 0.15) is 0 Å². The maximum atomic E-state index is 6.11. The molecule has 0 saturated heterocycles. The third-order valence-electron chi connectivity index (χ3n) is 5.20. The lowest BCUT2D eigenvalue weighted by molar-refractivity contribution is 0.200. The third-order valence-corrected chi connectivity index (χ3v) is 5.20. The summed E-state index contributed by atoms with van der Waals surface area (Å²) in [6.07, 6.45) is 10.3. The van der Waals surface area contributed by atoms with Gasteiger partial charge in [-0.2, -0.15) is 0 Å². The summed E-state index contributed by atoms with van der Waals surface area (Å²) in [5, 5.41) is 6.91. The van der Waals surface area contributed by atoms with E-state index in [1.165, 1.54) is 38.5 Å². The molecule has 0 spiro atoms. The van der Waals surface area contributed by atoms with E-state index < -0.39 is 0 Å². The van der Waals surface area contributed by atoms with Crippen molar-refractivity contribution in [2.24, 2.45) is 4.99 Å². The fourth-order valence-corrected chi connectivity index (χ4v) is 3.75. The molecule has 0 heterocycles. The lowest BCUT2D eigenvalue weighted by Crippen LogP contribution is -2.41. The van der Waals surface area contributed by atoms with Crippen LogP contribution >= 0.6 is 0 Å². The molecule has 2 saturated carbocycles. The zero-order chi connectivity index (χ0) is 17.5. The fourth-order valence-electron chi connectivity index (χ4n) is 3.75. The molecule has 0 radical (unpaired) electrons. The minimum atomic E-state index is 0.340. The van der Waals surface area contributed by atoms with E-state index in [0.717, 1.165) is 35.9 Å². The van der Waals surface area contributed by atoms with Gasteiger partial charge in [0, 0.05) is 19.6 Å². The Hall–Kier alpha value is -1.91. The van der Waals surface area contributed by atoms with Crippen molar-refractivity contribution in [1.82, 2.24) is 10.6 Å². The average Bonchev–Trinajstić information content (AvgIpc) is 3.33. The van der Waals surface area contributed by atoms with Crippen LogP contribution in [0.1, 0.15) is 56.9 Å². The lowest BCUT2D eigenvalue weighted by atomic mass is 10.2. The van der Waals surface area contributed by atoms with Gasteiger partial charge in [-0.15, -0.1) is 0 Å². The largest absolute Gasteiger partial charge is 0.493 e. The number of rotatable bonds is 6. The normalized spacial score (nSPS) is 19.2. The van der Waals surface area contributed by atoms with Gasteiger partial charge < -0.3 is 20.1 Å². The number of nitrogens with one attached hydrogen (secondary N) is 2. The topological polar surface area (TPSA) is 54.9 Å². The second kappa shape index (κ2) is 8.97. The predicted octanol–water partition coefficient (Wildman–Crippen LogP) is 3.62. The maximum absolute atomic E-state index is 6.11. The van der Waals surface area contributed by atoms with Crippen LogP contribution in [0, 0.1) is 0 Å². The standard InChI is InChI=1S/C20H31N3O2/c1-21-20(23-16-7-3-4-8-16)22-14-15-11-12-18(19(13-15)24-2)25-17-9-5-6-10-17/h11-13,16-17H,3-10,14H2,1-2H3,(H2,21,22,23). The van der Waals surface area contributed by atoms with E-state index in [-0.39, 0.29) is 0 Å². The molecule has 5 heteroatoms. The molecule has 0 aromatic heterocycles. The predicted molar refractivity (Wildman–Crippen MR) is 101 cm³/mol. The second-order valence-electron chi connectivity index (χ2n) is 7.06. The highest BCUT2D eigenvalue weighted by molar-refractivity contribution is 5.80. The maximum Gasteiger partial charge on any atom is 0.191 e. The molecule has 138 valence electrons. The summed E-state index contributed by atoms with van der Waals surface area (Å²) < 4.78 is 11.6. The zero-order valence-electron chi connectivity index (χ0n) is 15.5. The highest BCUT2D eigenvalue weighted by Gasteiger charge is 2.19. The molecule has 2 N–H and O–H groups in total. The molecular weight excluding hydrogens is 314 g/mol. The van der Waals surface area contributed by atoms with Gasteiger partial charge in [-0.05, 0) is 56.2 Å². The Morgan fingerprint density at radius 3 is 2.48 bits per heavy atom. The average molecular weight is 345 g/mol. The monoisotopic (exact) mass is 345 g/mol. The highest BCUT2D eigenvalue weighted by atomic mass is 16.5. The number of methoxy groups -OCH3 is 1. The Labute approximate surface area is 151 Å². The second-order valence-corrected chi connectivity index (χ2v) is 7.06. The molecular formula is C20H31N3O2. The Morgan fingerprint density at radius 1 is 1.08 bits per heavy atom. The van der Waals surface area contributed by atoms with Crippen LogP contribution in [0.5, 0.6) is 11.5 Å². The molecule has 2 fully saturated rings. The molecule has 1 aromatic rings. The summed E-state index contributed by atoms with van der Waals surface area (Å²) >= 11 is 0. The molecule has 25 heavy (non-hydrogen) atoms. The van der Waals surface area contributed by atoms with Crippen LogP contribution < -0.4 is 20.1 Å². The smallest absolute Gasteiger partial charge is 0.191 e. The first-order valence-corrected chi connectivity index (χ1v) is 9.59. The first-order valence-electron chi connectivity index (χ1n) is 9.59. The number of hydrogen-bond donors (Lipinski definition) is 2. The Morgan fingerprint density at radius 2 is 1.80 bits per heavy atom. The van der Waals surface area contributed by atoms with E-state index in [1.54, 1.807) is 7.11 Å². The number of aliphatic imine (C=N–C) groups is 1. The number of guanidine groups is 1. The summed E-state index contributed by atoms with van der Waals surface area (Å²) in [5.74, 6) is 2.54. The molecule has 2 aliphatic rings. The van der Waals surface area contributed by atoms with Gasteiger partial charge in [-0.3, -0.25) is 4.99 Å². The Bertz CT molecular complexity index is 576. The van der Waals surface area contributed by atoms with Crippen molar-refractivity contribution in [2.75, 3.05) is 14.2 Å². The molecule has 2 aliphatic carbocycles. The van der Waals surface area contributed by atoms with Crippen molar-refractivity contribution in [1.29, 1.82) is 0 Å². The molecule has 0 unspecified atom stereocenters. The van der Waals surface area contributed by atoms with Crippen LogP contribution in [0.3, 0.4) is 0 Å². The lowest BCUT2D eigenvalue weighted by Gasteiger charge is -2.18. The SMILES string of the molecule is CN=C(NCc1ccc(OC2CCCC2)c(OC)c1)NC1CCCC1. The first kappa shape index (κ1) is 17.9. The third kappa shape index (κ3) is 5.03. The van der Waals surface area contributed by atoms with Crippen molar-refractivity contribution in [3.05, 3.63) is 23.8 Å². The van der Waals surface area contributed by atoms with Gasteiger partial charge >= 0.3 is 0 Å². The van der Waals surface area contributed by atoms with Gasteiger partial charge in [0.2, 0.25) is 0 Å². The van der Waals surface area contributed by atoms with Crippen molar-refractivity contribution in [3.63, 3.8) is 0 Å². The van der Waals surface area contributed by atoms with Crippen LogP contribution in [-0.2, 0) is 6.54 Å².